The molecule has 0 radical (unpaired) electrons. The number of unbranched alkanes of at least 4 members (excludes halogenated alkanes) is 1. The van der Waals surface area contributed by atoms with Crippen LogP contribution in [0.3, 0.4) is 0 Å². The number of carbonyl (C=O) groups is 1. The van der Waals surface area contributed by atoms with Crippen molar-refractivity contribution < 1.29 is 4.79 Å². The summed E-state index contributed by atoms with van der Waals surface area (Å²) >= 11 is 0. The first-order chi connectivity index (χ1) is 6.04. The largest absolute Gasteiger partial charge is 0.369 e. The molecule has 0 spiro atoms. The van der Waals surface area contributed by atoms with Gasteiger partial charge in [-0.2, -0.15) is 0 Å². The third kappa shape index (κ3) is 7.07. The van der Waals surface area contributed by atoms with E-state index in [-0.39, 0.29) is 11.9 Å². The van der Waals surface area contributed by atoms with Crippen LogP contribution in [0.25, 0.3) is 0 Å². The smallest absolute Gasteiger partial charge is 0.216 e. The van der Waals surface area contributed by atoms with Crippen molar-refractivity contribution >= 4 is 11.9 Å². The Morgan fingerprint density at radius 3 is 2.62 bits per heavy atom. The zero-order valence-corrected chi connectivity index (χ0v) is 7.84. The SMILES string of the molecule is CC(=O)NCCCCN(N)C(=N)N. The van der Waals surface area contributed by atoms with Gasteiger partial charge in [0.1, 0.15) is 0 Å². The third-order valence-corrected chi connectivity index (χ3v) is 1.51. The zero-order valence-electron chi connectivity index (χ0n) is 7.84. The maximum atomic E-state index is 10.4. The van der Waals surface area contributed by atoms with Gasteiger partial charge >= 0.3 is 0 Å². The van der Waals surface area contributed by atoms with E-state index in [2.05, 4.69) is 5.32 Å². The van der Waals surface area contributed by atoms with Crippen LogP contribution in [0.4, 0.5) is 0 Å². The summed E-state index contributed by atoms with van der Waals surface area (Å²) in [7, 11) is 0. The second kappa shape index (κ2) is 6.24. The van der Waals surface area contributed by atoms with Gasteiger partial charge in [-0.3, -0.25) is 15.2 Å². The molecular formula is C7H17N5O. The third-order valence-electron chi connectivity index (χ3n) is 1.51. The van der Waals surface area contributed by atoms with Crippen LogP contribution in [0.2, 0.25) is 0 Å². The van der Waals surface area contributed by atoms with Crippen molar-refractivity contribution in [3.63, 3.8) is 0 Å². The lowest BCUT2D eigenvalue weighted by Gasteiger charge is -2.15. The number of nitrogens with zero attached hydrogens (tertiary/aromatic N) is 1. The Labute approximate surface area is 77.7 Å². The zero-order chi connectivity index (χ0) is 10.3. The molecule has 6 heteroatoms. The Morgan fingerprint density at radius 2 is 2.15 bits per heavy atom. The predicted octanol–water partition coefficient (Wildman–Crippen LogP) is -1.03. The normalized spacial score (nSPS) is 9.38. The van der Waals surface area contributed by atoms with Crippen molar-refractivity contribution in [2.24, 2.45) is 11.6 Å². The highest BCUT2D eigenvalue weighted by molar-refractivity contribution is 5.73. The summed E-state index contributed by atoms with van der Waals surface area (Å²) in [5, 5.41) is 10.8. The second-order valence-corrected chi connectivity index (χ2v) is 2.77. The summed E-state index contributed by atoms with van der Waals surface area (Å²) in [6.07, 6.45) is 1.64. The minimum atomic E-state index is -0.139. The fourth-order valence-electron chi connectivity index (χ4n) is 0.792. The molecule has 0 aliphatic rings. The molecule has 6 N–H and O–H groups in total. The lowest BCUT2D eigenvalue weighted by molar-refractivity contribution is -0.118. The van der Waals surface area contributed by atoms with Gasteiger partial charge in [-0.1, -0.05) is 0 Å². The molecule has 6 nitrogen and oxygen atoms in total. The van der Waals surface area contributed by atoms with Gasteiger partial charge < -0.3 is 11.1 Å². The predicted molar refractivity (Wildman–Crippen MR) is 50.7 cm³/mol. The number of guanidine groups is 1. The van der Waals surface area contributed by atoms with Gasteiger partial charge in [0.05, 0.1) is 0 Å². The average molecular weight is 187 g/mol. The van der Waals surface area contributed by atoms with E-state index in [4.69, 9.17) is 17.0 Å². The molecule has 0 aromatic rings. The lowest BCUT2D eigenvalue weighted by Crippen LogP contribution is -2.42. The van der Waals surface area contributed by atoms with Crippen molar-refractivity contribution in [3.8, 4) is 0 Å². The topological polar surface area (TPSA) is 108 Å². The molecular weight excluding hydrogens is 170 g/mol. The van der Waals surface area contributed by atoms with E-state index >= 15 is 0 Å². The van der Waals surface area contributed by atoms with Gasteiger partial charge in [0.15, 0.2) is 0 Å². The monoisotopic (exact) mass is 187 g/mol. The number of nitrogens with one attached hydrogen (secondary N) is 2. The highest BCUT2D eigenvalue weighted by Crippen LogP contribution is 1.88. The van der Waals surface area contributed by atoms with Crippen molar-refractivity contribution in [2.45, 2.75) is 19.8 Å². The first kappa shape index (κ1) is 11.7. The molecule has 1 amide bonds. The quantitative estimate of drug-likeness (QED) is 0.145. The van der Waals surface area contributed by atoms with E-state index in [1.807, 2.05) is 0 Å². The van der Waals surface area contributed by atoms with E-state index in [1.165, 1.54) is 11.9 Å². The molecule has 0 atom stereocenters. The Kier molecular flexibility index (Phi) is 5.62. The molecule has 0 saturated carbocycles. The summed E-state index contributed by atoms with van der Waals surface area (Å²) in [5.74, 6) is 5.18. The fraction of sp³-hybridized carbons (Fsp3) is 0.714. The Balaban J connectivity index is 3.26. The first-order valence-electron chi connectivity index (χ1n) is 4.14. The van der Waals surface area contributed by atoms with Gasteiger partial charge in [0.25, 0.3) is 0 Å². The first-order valence-corrected chi connectivity index (χ1v) is 4.14. The number of amides is 1. The number of carbonyl (C=O) groups excluding carboxylic acids is 1. The Hall–Kier alpha value is -1.30. The van der Waals surface area contributed by atoms with Crippen LogP contribution >= 0.6 is 0 Å². The maximum absolute atomic E-state index is 10.4. The summed E-state index contributed by atoms with van der Waals surface area (Å²) in [5.41, 5.74) is 5.11. The molecule has 0 aromatic heterocycles. The van der Waals surface area contributed by atoms with E-state index < -0.39 is 0 Å². The highest BCUT2D eigenvalue weighted by atomic mass is 16.1. The van der Waals surface area contributed by atoms with Crippen molar-refractivity contribution in [1.82, 2.24) is 10.3 Å². The van der Waals surface area contributed by atoms with Gasteiger partial charge in [-0.25, -0.2) is 5.84 Å². The molecule has 0 saturated heterocycles. The van der Waals surface area contributed by atoms with Gasteiger partial charge in [0, 0.05) is 20.0 Å². The van der Waals surface area contributed by atoms with E-state index in [1.54, 1.807) is 0 Å². The Bertz CT molecular complexity index is 182. The van der Waals surface area contributed by atoms with Gasteiger partial charge in [-0.05, 0) is 12.8 Å². The standard InChI is InChI=1S/C7H17N5O/c1-6(13)11-4-2-3-5-12(10)7(8)9/h2-5,10H2,1H3,(H3,8,9)(H,11,13). The Morgan fingerprint density at radius 1 is 1.54 bits per heavy atom. The van der Waals surface area contributed by atoms with Crippen LogP contribution < -0.4 is 16.9 Å². The van der Waals surface area contributed by atoms with Crippen LogP contribution in [-0.2, 0) is 4.79 Å². The number of hydrogen-bond acceptors (Lipinski definition) is 3. The molecule has 76 valence electrons. The molecule has 0 unspecified atom stereocenters. The molecule has 13 heavy (non-hydrogen) atoms. The molecule has 0 fully saturated rings. The maximum Gasteiger partial charge on any atom is 0.216 e. The average Bonchev–Trinajstić information content (AvgIpc) is 2.02. The van der Waals surface area contributed by atoms with Crippen molar-refractivity contribution in [2.75, 3.05) is 13.1 Å². The van der Waals surface area contributed by atoms with E-state index in [9.17, 15) is 4.79 Å². The summed E-state index contributed by atoms with van der Waals surface area (Å²) in [6, 6.07) is 0. The molecule has 0 aliphatic carbocycles. The van der Waals surface area contributed by atoms with Crippen LogP contribution in [0.15, 0.2) is 0 Å². The molecule has 0 aliphatic heterocycles. The van der Waals surface area contributed by atoms with Crippen LogP contribution in [0, 0.1) is 5.41 Å². The number of hydrogen-bond donors (Lipinski definition) is 4. The highest BCUT2D eigenvalue weighted by Gasteiger charge is 1.98. The fourth-order valence-corrected chi connectivity index (χ4v) is 0.792. The number of rotatable bonds is 5. The van der Waals surface area contributed by atoms with Crippen LogP contribution in [0.1, 0.15) is 19.8 Å². The minimum Gasteiger partial charge on any atom is -0.369 e. The molecule has 0 aromatic carbocycles. The van der Waals surface area contributed by atoms with Crippen LogP contribution in [0.5, 0.6) is 0 Å². The van der Waals surface area contributed by atoms with Crippen molar-refractivity contribution in [1.29, 1.82) is 5.41 Å². The molecule has 0 bridgehead atoms. The second-order valence-electron chi connectivity index (χ2n) is 2.77. The summed E-state index contributed by atoms with van der Waals surface area (Å²) in [6.45, 7) is 2.65. The van der Waals surface area contributed by atoms with Crippen LogP contribution in [-0.4, -0.2) is 30.0 Å². The van der Waals surface area contributed by atoms with E-state index in [0.717, 1.165) is 12.8 Å². The van der Waals surface area contributed by atoms with Crippen molar-refractivity contribution in [3.05, 3.63) is 0 Å². The molecule has 0 heterocycles. The number of hydrazine groups is 1. The van der Waals surface area contributed by atoms with Gasteiger partial charge in [-0.15, -0.1) is 0 Å². The molecule has 0 rings (SSSR count). The number of nitrogens with two attached hydrogens (primary N) is 2. The van der Waals surface area contributed by atoms with Gasteiger partial charge in [0.2, 0.25) is 11.9 Å². The lowest BCUT2D eigenvalue weighted by atomic mass is 10.3. The summed E-state index contributed by atoms with van der Waals surface area (Å²) in [4.78, 5) is 10.4. The minimum absolute atomic E-state index is 0.0313. The van der Waals surface area contributed by atoms with E-state index in [0.29, 0.717) is 13.1 Å². The summed E-state index contributed by atoms with van der Waals surface area (Å²) < 4.78 is 0.